The van der Waals surface area contributed by atoms with Crippen molar-refractivity contribution in [2.75, 3.05) is 26.7 Å². The van der Waals surface area contributed by atoms with E-state index in [9.17, 15) is 9.59 Å². The van der Waals surface area contributed by atoms with Crippen molar-refractivity contribution in [1.29, 1.82) is 0 Å². The number of nitrogens with zero attached hydrogens (tertiary/aromatic N) is 3. The predicted octanol–water partition coefficient (Wildman–Crippen LogP) is 2.66. The molecule has 0 bridgehead atoms. The van der Waals surface area contributed by atoms with E-state index in [4.69, 9.17) is 0 Å². The van der Waals surface area contributed by atoms with Gasteiger partial charge in [0.1, 0.15) is 5.82 Å². The van der Waals surface area contributed by atoms with Crippen LogP contribution in [0.5, 0.6) is 0 Å². The van der Waals surface area contributed by atoms with Gasteiger partial charge in [-0.1, -0.05) is 6.07 Å². The van der Waals surface area contributed by atoms with E-state index in [-0.39, 0.29) is 17.2 Å². The zero-order valence-corrected chi connectivity index (χ0v) is 16.3. The van der Waals surface area contributed by atoms with Gasteiger partial charge in [-0.25, -0.2) is 4.98 Å². The highest BCUT2D eigenvalue weighted by Gasteiger charge is 2.38. The van der Waals surface area contributed by atoms with Crippen molar-refractivity contribution in [3.63, 3.8) is 0 Å². The maximum absolute atomic E-state index is 12.8. The zero-order chi connectivity index (χ0) is 19.0. The standard InChI is InChI=1S/C21H28N4O2/c1-15-22-17-4-3-16(13-18(17)23-15)14-20(27)25-11-8-21(9-12-25)6-5-19(26)24(2)10-7-21/h3-4,13H,5-12,14H2,1-2H3,(H,22,23). The van der Waals surface area contributed by atoms with Gasteiger partial charge in [-0.2, -0.15) is 0 Å². The van der Waals surface area contributed by atoms with Gasteiger partial charge in [0.25, 0.3) is 0 Å². The minimum absolute atomic E-state index is 0.197. The maximum atomic E-state index is 12.8. The highest BCUT2D eigenvalue weighted by Crippen LogP contribution is 2.41. The number of H-pyrrole nitrogens is 1. The predicted molar refractivity (Wildman–Crippen MR) is 104 cm³/mol. The topological polar surface area (TPSA) is 69.3 Å². The number of aromatic amines is 1. The van der Waals surface area contributed by atoms with Crippen LogP contribution in [0, 0.1) is 12.3 Å². The van der Waals surface area contributed by atoms with Gasteiger partial charge in [-0.3, -0.25) is 9.59 Å². The Balaban J connectivity index is 1.37. The summed E-state index contributed by atoms with van der Waals surface area (Å²) < 4.78 is 0. The molecule has 2 aliphatic heterocycles. The summed E-state index contributed by atoms with van der Waals surface area (Å²) in [5, 5.41) is 0. The highest BCUT2D eigenvalue weighted by molar-refractivity contribution is 5.82. The third-order valence-corrected chi connectivity index (χ3v) is 6.47. The van der Waals surface area contributed by atoms with Gasteiger partial charge in [-0.15, -0.1) is 0 Å². The largest absolute Gasteiger partial charge is 0.346 e. The number of aromatic nitrogens is 2. The molecule has 1 N–H and O–H groups in total. The molecule has 1 aromatic heterocycles. The van der Waals surface area contributed by atoms with Gasteiger partial charge in [0, 0.05) is 33.1 Å². The molecule has 0 unspecified atom stereocenters. The maximum Gasteiger partial charge on any atom is 0.226 e. The number of imidazole rings is 1. The first-order valence-corrected chi connectivity index (χ1v) is 9.91. The van der Waals surface area contributed by atoms with Gasteiger partial charge in [-0.05, 0) is 55.7 Å². The number of benzene rings is 1. The second-order valence-electron chi connectivity index (χ2n) is 8.30. The second kappa shape index (κ2) is 6.98. The van der Waals surface area contributed by atoms with Crippen molar-refractivity contribution >= 4 is 22.8 Å². The van der Waals surface area contributed by atoms with Gasteiger partial charge in [0.05, 0.1) is 17.5 Å². The molecule has 0 saturated carbocycles. The molecule has 2 saturated heterocycles. The molecular formula is C21H28N4O2. The van der Waals surface area contributed by atoms with Crippen LogP contribution in [0.15, 0.2) is 18.2 Å². The summed E-state index contributed by atoms with van der Waals surface area (Å²) in [5.74, 6) is 1.35. The summed E-state index contributed by atoms with van der Waals surface area (Å²) in [6, 6.07) is 6.01. The molecule has 2 aromatic rings. The van der Waals surface area contributed by atoms with E-state index in [1.54, 1.807) is 0 Å². The van der Waals surface area contributed by atoms with Gasteiger partial charge >= 0.3 is 0 Å². The van der Waals surface area contributed by atoms with E-state index >= 15 is 0 Å². The van der Waals surface area contributed by atoms with E-state index in [0.717, 1.165) is 67.7 Å². The van der Waals surface area contributed by atoms with Gasteiger partial charge in [0.2, 0.25) is 11.8 Å². The van der Waals surface area contributed by atoms with Crippen molar-refractivity contribution in [2.24, 2.45) is 5.41 Å². The first-order valence-electron chi connectivity index (χ1n) is 9.91. The van der Waals surface area contributed by atoms with Crippen LogP contribution in [0.4, 0.5) is 0 Å². The number of hydrogen-bond acceptors (Lipinski definition) is 3. The first kappa shape index (κ1) is 18.0. The molecule has 1 spiro atoms. The number of nitrogens with one attached hydrogen (secondary N) is 1. The van der Waals surface area contributed by atoms with E-state index in [2.05, 4.69) is 9.97 Å². The summed E-state index contributed by atoms with van der Waals surface area (Å²) in [7, 11) is 1.90. The Morgan fingerprint density at radius 2 is 1.93 bits per heavy atom. The molecule has 144 valence electrons. The van der Waals surface area contributed by atoms with Crippen molar-refractivity contribution in [2.45, 2.75) is 45.4 Å². The third kappa shape index (κ3) is 3.70. The fourth-order valence-electron chi connectivity index (χ4n) is 4.53. The molecule has 2 aliphatic rings. The summed E-state index contributed by atoms with van der Waals surface area (Å²) in [6.45, 7) is 4.40. The van der Waals surface area contributed by atoms with Crippen LogP contribution in [0.1, 0.15) is 43.5 Å². The molecule has 3 heterocycles. The summed E-state index contributed by atoms with van der Waals surface area (Å²) in [6.07, 6.45) is 5.13. The normalized spacial score (nSPS) is 20.3. The van der Waals surface area contributed by atoms with Crippen molar-refractivity contribution in [1.82, 2.24) is 19.8 Å². The molecule has 6 nitrogen and oxygen atoms in total. The number of likely N-dealkylation sites (tertiary alicyclic amines) is 2. The quantitative estimate of drug-likeness (QED) is 0.886. The second-order valence-corrected chi connectivity index (χ2v) is 8.30. The molecule has 6 heteroatoms. The molecule has 4 rings (SSSR count). The van der Waals surface area contributed by atoms with E-state index in [1.165, 1.54) is 0 Å². The number of carbonyl (C=O) groups is 2. The summed E-state index contributed by atoms with van der Waals surface area (Å²) >= 11 is 0. The molecule has 0 radical (unpaired) electrons. The van der Waals surface area contributed by atoms with Crippen LogP contribution >= 0.6 is 0 Å². The minimum atomic E-state index is 0.197. The van der Waals surface area contributed by atoms with Crippen LogP contribution in [-0.2, 0) is 16.0 Å². The number of piperidine rings is 1. The molecular weight excluding hydrogens is 340 g/mol. The zero-order valence-electron chi connectivity index (χ0n) is 16.3. The van der Waals surface area contributed by atoms with Crippen LogP contribution in [0.25, 0.3) is 11.0 Å². The average molecular weight is 368 g/mol. The van der Waals surface area contributed by atoms with Crippen LogP contribution in [-0.4, -0.2) is 58.3 Å². The number of amides is 2. The average Bonchev–Trinajstić information content (AvgIpc) is 2.97. The number of hydrogen-bond donors (Lipinski definition) is 1. The Labute approximate surface area is 159 Å². The fourth-order valence-corrected chi connectivity index (χ4v) is 4.53. The number of rotatable bonds is 2. The van der Waals surface area contributed by atoms with E-state index in [0.29, 0.717) is 12.8 Å². The molecule has 2 amide bonds. The van der Waals surface area contributed by atoms with Crippen LogP contribution < -0.4 is 0 Å². The molecule has 0 atom stereocenters. The van der Waals surface area contributed by atoms with Gasteiger partial charge in [0.15, 0.2) is 0 Å². The van der Waals surface area contributed by atoms with Crippen molar-refractivity contribution in [3.05, 3.63) is 29.6 Å². The van der Waals surface area contributed by atoms with Crippen molar-refractivity contribution < 1.29 is 9.59 Å². The lowest BCUT2D eigenvalue weighted by Crippen LogP contribution is -2.44. The van der Waals surface area contributed by atoms with Crippen LogP contribution in [0.2, 0.25) is 0 Å². The first-order chi connectivity index (χ1) is 12.9. The Morgan fingerprint density at radius 1 is 1.19 bits per heavy atom. The van der Waals surface area contributed by atoms with Gasteiger partial charge < -0.3 is 14.8 Å². The lowest BCUT2D eigenvalue weighted by atomic mass is 9.73. The number of carbonyl (C=O) groups excluding carboxylic acids is 2. The Kier molecular flexibility index (Phi) is 4.66. The fraction of sp³-hybridized carbons (Fsp3) is 0.571. The number of fused-ring (bicyclic) bond motifs is 1. The number of aryl methyl sites for hydroxylation is 1. The smallest absolute Gasteiger partial charge is 0.226 e. The molecule has 2 fully saturated rings. The van der Waals surface area contributed by atoms with E-state index in [1.807, 2.05) is 42.0 Å². The van der Waals surface area contributed by atoms with E-state index < -0.39 is 0 Å². The SMILES string of the molecule is Cc1nc2ccc(CC(=O)N3CCC4(CCC(=O)N(C)CC4)CC3)cc2[nH]1. The molecule has 1 aromatic carbocycles. The Morgan fingerprint density at radius 3 is 2.70 bits per heavy atom. The molecule has 27 heavy (non-hydrogen) atoms. The lowest BCUT2D eigenvalue weighted by molar-refractivity contribution is -0.133. The lowest BCUT2D eigenvalue weighted by Gasteiger charge is -2.41. The van der Waals surface area contributed by atoms with Crippen LogP contribution in [0.3, 0.4) is 0 Å². The third-order valence-electron chi connectivity index (χ3n) is 6.47. The summed E-state index contributed by atoms with van der Waals surface area (Å²) in [4.78, 5) is 36.3. The highest BCUT2D eigenvalue weighted by atomic mass is 16.2. The van der Waals surface area contributed by atoms with Crippen molar-refractivity contribution in [3.8, 4) is 0 Å². The Bertz CT molecular complexity index is 864. The Hall–Kier alpha value is -2.37. The summed E-state index contributed by atoms with van der Waals surface area (Å²) in [5.41, 5.74) is 3.20. The minimum Gasteiger partial charge on any atom is -0.346 e. The monoisotopic (exact) mass is 368 g/mol. The molecule has 0 aliphatic carbocycles.